The third-order valence-corrected chi connectivity index (χ3v) is 5.11. The Morgan fingerprint density at radius 1 is 0.812 bits per heavy atom. The molecule has 0 N–H and O–H groups in total. The average molecular weight is 341 g/mol. The summed E-state index contributed by atoms with van der Waals surface area (Å²) in [5.41, 5.74) is 2.28. The summed E-state index contributed by atoms with van der Waals surface area (Å²) in [5.74, 6) is 0. The molecule has 0 saturated heterocycles. The van der Waals surface area contributed by atoms with Gasteiger partial charge in [-0.15, -0.1) is 0 Å². The summed E-state index contributed by atoms with van der Waals surface area (Å²) in [4.78, 5) is 4.75. The van der Waals surface area contributed by atoms with Gasteiger partial charge in [0.05, 0.1) is 15.3 Å². The fourth-order valence-electron chi connectivity index (χ4n) is 1.49. The molecular weight excluding hydrogens is 330 g/mol. The summed E-state index contributed by atoms with van der Waals surface area (Å²) in [7, 11) is 0. The molecule has 0 aliphatic rings. The molecule has 1 aromatic carbocycles. The Balaban J connectivity index is 2.20. The lowest BCUT2D eigenvalue weighted by atomic mass is 10.1. The van der Waals surface area contributed by atoms with Crippen molar-refractivity contribution in [2.24, 2.45) is 0 Å². The second-order valence-corrected chi connectivity index (χ2v) is 5.44. The zero-order chi connectivity index (χ0) is 11.4. The molecule has 0 bridgehead atoms. The van der Waals surface area contributed by atoms with Gasteiger partial charge in [-0.25, -0.2) is 0 Å². The van der Waals surface area contributed by atoms with Crippen molar-refractivity contribution in [2.45, 2.75) is 9.65 Å². The van der Waals surface area contributed by atoms with Crippen LogP contribution in [0.25, 0.3) is 0 Å². The zero-order valence-electron chi connectivity index (χ0n) is 8.55. The molecule has 2 aromatic rings. The van der Waals surface area contributed by atoms with Gasteiger partial charge in [-0.2, -0.15) is 0 Å². The Morgan fingerprint density at radius 2 is 1.50 bits per heavy atom. The Morgan fingerprint density at radius 3 is 2.12 bits per heavy atom. The van der Waals surface area contributed by atoms with Crippen LogP contribution in [0.5, 0.6) is 0 Å². The summed E-state index contributed by atoms with van der Waals surface area (Å²) >= 11 is 7.38. The summed E-state index contributed by atoms with van der Waals surface area (Å²) in [6.45, 7) is 0. The van der Waals surface area contributed by atoms with Crippen LogP contribution in [-0.4, -0.2) is 4.98 Å². The Kier molecular flexibility index (Phi) is 4.13. The van der Waals surface area contributed by atoms with Crippen molar-refractivity contribution in [1.82, 2.24) is 4.98 Å². The maximum Gasteiger partial charge on any atom is 0.0733 e. The van der Waals surface area contributed by atoms with Gasteiger partial charge in [0.2, 0.25) is 0 Å². The largest absolute Gasteiger partial charge is 0.260 e. The SMILES string of the molecule is BrC(c1ccccc1)C(Br)c1ccccn1. The van der Waals surface area contributed by atoms with Gasteiger partial charge >= 0.3 is 0 Å². The monoisotopic (exact) mass is 339 g/mol. The number of aromatic nitrogens is 1. The minimum atomic E-state index is 0.177. The molecule has 0 saturated carbocycles. The zero-order valence-corrected chi connectivity index (χ0v) is 11.7. The fraction of sp³-hybridized carbons (Fsp3) is 0.154. The normalized spacial score (nSPS) is 14.4. The smallest absolute Gasteiger partial charge is 0.0733 e. The van der Waals surface area contributed by atoms with Crippen LogP contribution in [0.3, 0.4) is 0 Å². The first-order valence-electron chi connectivity index (χ1n) is 5.03. The highest BCUT2D eigenvalue weighted by molar-refractivity contribution is 9.12. The number of pyridine rings is 1. The van der Waals surface area contributed by atoms with E-state index in [1.165, 1.54) is 5.56 Å². The molecular formula is C13H11Br2N. The molecule has 0 radical (unpaired) electrons. The van der Waals surface area contributed by atoms with Gasteiger partial charge in [-0.1, -0.05) is 68.3 Å². The van der Waals surface area contributed by atoms with Crippen LogP contribution in [0.1, 0.15) is 20.9 Å². The average Bonchev–Trinajstić information content (AvgIpc) is 2.39. The van der Waals surface area contributed by atoms with Crippen molar-refractivity contribution in [3.63, 3.8) is 0 Å². The van der Waals surface area contributed by atoms with Crippen molar-refractivity contribution in [3.05, 3.63) is 66.0 Å². The van der Waals surface area contributed by atoms with Crippen molar-refractivity contribution in [3.8, 4) is 0 Å². The third-order valence-electron chi connectivity index (χ3n) is 2.35. The van der Waals surface area contributed by atoms with Gasteiger partial charge in [0, 0.05) is 6.20 Å². The topological polar surface area (TPSA) is 12.9 Å². The highest BCUT2D eigenvalue weighted by Crippen LogP contribution is 2.41. The molecule has 16 heavy (non-hydrogen) atoms. The van der Waals surface area contributed by atoms with Crippen LogP contribution in [0.4, 0.5) is 0 Å². The molecule has 82 valence electrons. The van der Waals surface area contributed by atoms with E-state index in [2.05, 4.69) is 49.0 Å². The van der Waals surface area contributed by atoms with Crippen LogP contribution in [0.2, 0.25) is 0 Å². The molecule has 2 rings (SSSR count). The van der Waals surface area contributed by atoms with E-state index in [4.69, 9.17) is 0 Å². The predicted molar refractivity (Wildman–Crippen MR) is 74.0 cm³/mol. The molecule has 2 unspecified atom stereocenters. The number of benzene rings is 1. The van der Waals surface area contributed by atoms with Crippen LogP contribution in [0, 0.1) is 0 Å². The number of hydrogen-bond acceptors (Lipinski definition) is 1. The van der Waals surface area contributed by atoms with Crippen LogP contribution in [-0.2, 0) is 0 Å². The molecule has 0 fully saturated rings. The van der Waals surface area contributed by atoms with E-state index in [0.717, 1.165) is 5.69 Å². The lowest BCUT2D eigenvalue weighted by molar-refractivity contribution is 0.895. The quantitative estimate of drug-likeness (QED) is 0.741. The maximum absolute atomic E-state index is 4.35. The van der Waals surface area contributed by atoms with Gasteiger partial charge in [0.1, 0.15) is 0 Å². The lowest BCUT2D eigenvalue weighted by Gasteiger charge is -2.16. The molecule has 3 heteroatoms. The minimum Gasteiger partial charge on any atom is -0.260 e. The van der Waals surface area contributed by atoms with Gasteiger partial charge in [0.25, 0.3) is 0 Å². The number of hydrogen-bond donors (Lipinski definition) is 0. The standard InChI is InChI=1S/C13H11Br2N/c14-12(10-6-2-1-3-7-10)13(15)11-8-4-5-9-16-11/h1-9,12-13H. The number of nitrogens with zero attached hydrogens (tertiary/aromatic N) is 1. The molecule has 0 aliphatic heterocycles. The minimum absolute atomic E-state index is 0.177. The highest BCUT2D eigenvalue weighted by Gasteiger charge is 2.20. The first kappa shape index (κ1) is 11.8. The molecule has 0 aliphatic carbocycles. The summed E-state index contributed by atoms with van der Waals surface area (Å²) in [6, 6.07) is 16.3. The summed E-state index contributed by atoms with van der Waals surface area (Å²) < 4.78 is 0. The highest BCUT2D eigenvalue weighted by atomic mass is 79.9. The Hall–Kier alpha value is -0.670. The van der Waals surface area contributed by atoms with Crippen LogP contribution >= 0.6 is 31.9 Å². The second-order valence-electron chi connectivity index (χ2n) is 3.47. The molecule has 1 nitrogen and oxygen atoms in total. The van der Waals surface area contributed by atoms with Crippen molar-refractivity contribution in [2.75, 3.05) is 0 Å². The molecule has 0 spiro atoms. The van der Waals surface area contributed by atoms with E-state index >= 15 is 0 Å². The van der Waals surface area contributed by atoms with E-state index in [9.17, 15) is 0 Å². The fourth-order valence-corrected chi connectivity index (χ4v) is 2.65. The number of alkyl halides is 2. The van der Waals surface area contributed by atoms with Gasteiger partial charge in [0.15, 0.2) is 0 Å². The van der Waals surface area contributed by atoms with Gasteiger partial charge in [-0.05, 0) is 17.7 Å². The molecule has 2 atom stereocenters. The van der Waals surface area contributed by atoms with E-state index in [-0.39, 0.29) is 9.65 Å². The van der Waals surface area contributed by atoms with Gasteiger partial charge in [-0.3, -0.25) is 4.98 Å². The first-order valence-corrected chi connectivity index (χ1v) is 6.86. The lowest BCUT2D eigenvalue weighted by Crippen LogP contribution is -2.00. The summed E-state index contributed by atoms with van der Waals surface area (Å²) in [5, 5.41) is 0. The summed E-state index contributed by atoms with van der Waals surface area (Å²) in [6.07, 6.45) is 1.81. The van der Waals surface area contributed by atoms with E-state index in [1.54, 1.807) is 0 Å². The van der Waals surface area contributed by atoms with Crippen molar-refractivity contribution in [1.29, 1.82) is 0 Å². The molecule has 1 aromatic heterocycles. The Labute approximate surface area is 112 Å². The van der Waals surface area contributed by atoms with E-state index < -0.39 is 0 Å². The molecule has 1 heterocycles. The Bertz CT molecular complexity index is 387. The number of halogens is 2. The van der Waals surface area contributed by atoms with Crippen molar-refractivity contribution < 1.29 is 0 Å². The first-order chi connectivity index (χ1) is 7.79. The van der Waals surface area contributed by atoms with Crippen molar-refractivity contribution >= 4 is 31.9 Å². The van der Waals surface area contributed by atoms with Gasteiger partial charge < -0.3 is 0 Å². The molecule has 0 amide bonds. The number of rotatable bonds is 3. The van der Waals surface area contributed by atoms with Crippen LogP contribution in [0.15, 0.2) is 54.7 Å². The van der Waals surface area contributed by atoms with E-state index in [1.807, 2.05) is 42.6 Å². The second kappa shape index (κ2) is 5.60. The van der Waals surface area contributed by atoms with E-state index in [0.29, 0.717) is 0 Å². The maximum atomic E-state index is 4.35. The predicted octanol–water partition coefficient (Wildman–Crippen LogP) is 4.65. The third kappa shape index (κ3) is 2.71. The van der Waals surface area contributed by atoms with Crippen LogP contribution < -0.4 is 0 Å².